The number of ether oxygens (including phenoxy) is 4. The Bertz CT molecular complexity index is 2330. The zero-order chi connectivity index (χ0) is 44.2. The number of hydrogen-bond donors (Lipinski definition) is 2. The van der Waals surface area contributed by atoms with Crippen LogP contribution in [-0.4, -0.2) is 107 Å². The molecule has 12 heteroatoms. The molecule has 3 aromatic rings. The van der Waals surface area contributed by atoms with E-state index in [4.69, 9.17) is 23.8 Å². The zero-order valence-corrected chi connectivity index (χ0v) is 37.4. The maximum absolute atomic E-state index is 15.6. The number of rotatable bonds is 10. The van der Waals surface area contributed by atoms with Crippen molar-refractivity contribution < 1.29 is 43.3 Å². The van der Waals surface area contributed by atoms with Crippen molar-refractivity contribution in [3.63, 3.8) is 0 Å². The first-order chi connectivity index (χ1) is 30.8. The van der Waals surface area contributed by atoms with E-state index in [0.717, 1.165) is 47.1 Å². The van der Waals surface area contributed by atoms with Crippen LogP contribution in [0, 0.1) is 22.7 Å². The predicted molar refractivity (Wildman–Crippen MR) is 236 cm³/mol. The molecule has 338 valence electrons. The third-order valence-electron chi connectivity index (χ3n) is 16.5. The summed E-state index contributed by atoms with van der Waals surface area (Å²) in [5.41, 5.74) is 5.60. The van der Waals surface area contributed by atoms with Crippen LogP contribution in [0.4, 0.5) is 0 Å². The van der Waals surface area contributed by atoms with Crippen LogP contribution >= 0.6 is 0 Å². The summed E-state index contributed by atoms with van der Waals surface area (Å²) in [5.74, 6) is -1.11. The lowest BCUT2D eigenvalue weighted by molar-refractivity contribution is -0.218. The number of carbonyl (C=O) groups is 3. The number of nitrogens with one attached hydrogen (secondary N) is 1. The van der Waals surface area contributed by atoms with Gasteiger partial charge in [-0.3, -0.25) is 19.2 Å². The standard InChI is InChI=1S/C52H61N3O9/c1-49(2)28-37-34(18-19-41-50(3,61-41)21-20-38(37)49)24-32-14-16-33(17-15-32)30-55-44-47(58)60-40-29-52(44,48(59)54(4)39(46(57)53-22-23-56)25-31-10-6-5-7-11-31)45(64-55)43-42(40)62-51(63-43)26-35-12-8-9-13-36(35)27-51/h5-17,24,37-45,56H,18-23,25-30H2,1-4H3,(H,53,57). The molecule has 7 fully saturated rings. The minimum Gasteiger partial charge on any atom is -0.458 e. The van der Waals surface area contributed by atoms with Gasteiger partial charge in [0.25, 0.3) is 0 Å². The number of epoxide rings is 1. The van der Waals surface area contributed by atoms with Crippen LogP contribution in [0.1, 0.15) is 87.1 Å². The number of likely N-dealkylation sites (N-methyl/N-ethyl adjacent to an activating group) is 1. The van der Waals surface area contributed by atoms with Gasteiger partial charge in [-0.2, -0.15) is 5.06 Å². The van der Waals surface area contributed by atoms with E-state index in [9.17, 15) is 14.7 Å². The molecular formula is C52H61N3O9. The second-order valence-corrected chi connectivity index (χ2v) is 20.9. The first kappa shape index (κ1) is 42.2. The average Bonchev–Trinajstić information content (AvgIpc) is 3.56. The van der Waals surface area contributed by atoms with Crippen LogP contribution in [0.15, 0.2) is 84.4 Å². The summed E-state index contributed by atoms with van der Waals surface area (Å²) in [7, 11) is 1.63. The second kappa shape index (κ2) is 15.6. The highest BCUT2D eigenvalue weighted by atomic mass is 16.8. The second-order valence-electron chi connectivity index (χ2n) is 20.9. The first-order valence-corrected chi connectivity index (χ1v) is 23.5. The molecule has 4 heterocycles. The minimum atomic E-state index is -1.46. The quantitative estimate of drug-likeness (QED) is 0.192. The molecule has 2 amide bonds. The summed E-state index contributed by atoms with van der Waals surface area (Å²) in [5, 5.41) is 14.0. The van der Waals surface area contributed by atoms with Crippen molar-refractivity contribution in [1.82, 2.24) is 15.3 Å². The van der Waals surface area contributed by atoms with E-state index in [2.05, 4.69) is 68.6 Å². The van der Waals surface area contributed by atoms with Crippen molar-refractivity contribution in [1.29, 1.82) is 0 Å². The van der Waals surface area contributed by atoms with Crippen molar-refractivity contribution in [2.75, 3.05) is 20.2 Å². The van der Waals surface area contributed by atoms with Crippen LogP contribution < -0.4 is 5.32 Å². The fraction of sp³-hybridized carbons (Fsp3) is 0.558. The molecule has 4 saturated heterocycles. The Hall–Kier alpha value is -4.43. The number of fused-ring (bicyclic) bond motifs is 7. The molecule has 0 radical (unpaired) electrons. The van der Waals surface area contributed by atoms with E-state index < -0.39 is 65.5 Å². The Morgan fingerprint density at radius 3 is 2.34 bits per heavy atom. The first-order valence-electron chi connectivity index (χ1n) is 23.5. The van der Waals surface area contributed by atoms with Crippen LogP contribution in [0.25, 0.3) is 6.08 Å². The third-order valence-corrected chi connectivity index (χ3v) is 16.5. The molecule has 2 N–H and O–H groups in total. The number of hydroxylamine groups is 2. The molecule has 12 nitrogen and oxygen atoms in total. The summed E-state index contributed by atoms with van der Waals surface area (Å²) < 4.78 is 26.4. The molecule has 3 aromatic carbocycles. The summed E-state index contributed by atoms with van der Waals surface area (Å²) in [6.45, 7) is 7.12. The van der Waals surface area contributed by atoms with Gasteiger partial charge in [-0.1, -0.05) is 104 Å². The van der Waals surface area contributed by atoms with Gasteiger partial charge in [0.2, 0.25) is 11.8 Å². The lowest BCUT2D eigenvalue weighted by Crippen LogP contribution is -2.70. The fourth-order valence-corrected chi connectivity index (χ4v) is 13.1. The predicted octanol–water partition coefficient (Wildman–Crippen LogP) is 5.72. The number of aliphatic hydroxyl groups excluding tert-OH is 1. The maximum atomic E-state index is 15.6. The number of aliphatic hydroxyl groups is 1. The van der Waals surface area contributed by atoms with Gasteiger partial charge in [0, 0.05) is 39.3 Å². The van der Waals surface area contributed by atoms with E-state index in [1.165, 1.54) is 23.3 Å². The number of amides is 2. The van der Waals surface area contributed by atoms with Crippen molar-refractivity contribution in [2.45, 2.75) is 139 Å². The number of nitrogens with zero attached hydrogens (tertiary/aromatic N) is 2. The highest BCUT2D eigenvalue weighted by Crippen LogP contribution is 2.61. The maximum Gasteiger partial charge on any atom is 0.327 e. The number of esters is 1. The lowest BCUT2D eigenvalue weighted by Gasteiger charge is -2.53. The molecule has 0 aromatic heterocycles. The molecule has 11 rings (SSSR count). The molecule has 4 aliphatic carbocycles. The van der Waals surface area contributed by atoms with E-state index in [1.807, 2.05) is 42.5 Å². The van der Waals surface area contributed by atoms with Crippen LogP contribution in [0.2, 0.25) is 0 Å². The SMILES string of the molecule is CN(C(=O)C12CC3OC(=O)C1N(Cc1ccc(C=C4CCC5OC5(C)CCC5C4CC5(C)C)cc1)OC2C1OC2(Cc4ccccc4C2)OC31)C(Cc1ccccc1)C(=O)NCCO. The van der Waals surface area contributed by atoms with E-state index in [0.29, 0.717) is 36.2 Å². The van der Waals surface area contributed by atoms with Gasteiger partial charge in [-0.25, -0.2) is 0 Å². The molecule has 1 spiro atoms. The van der Waals surface area contributed by atoms with Crippen LogP contribution in [0.3, 0.4) is 0 Å². The smallest absolute Gasteiger partial charge is 0.327 e. The topological polar surface area (TPSA) is 139 Å². The van der Waals surface area contributed by atoms with Gasteiger partial charge in [0.05, 0.1) is 24.9 Å². The van der Waals surface area contributed by atoms with Gasteiger partial charge in [0.1, 0.15) is 35.9 Å². The Morgan fingerprint density at radius 2 is 1.62 bits per heavy atom. The van der Waals surface area contributed by atoms with Gasteiger partial charge in [-0.05, 0) is 84.1 Å². The number of benzene rings is 3. The highest BCUT2D eigenvalue weighted by Gasteiger charge is 2.77. The Morgan fingerprint density at radius 1 is 0.906 bits per heavy atom. The number of carbonyl (C=O) groups excluding carboxylic acids is 3. The van der Waals surface area contributed by atoms with Gasteiger partial charge < -0.3 is 34.3 Å². The molecule has 3 saturated carbocycles. The monoisotopic (exact) mass is 871 g/mol. The lowest BCUT2D eigenvalue weighted by atomic mass is 9.52. The van der Waals surface area contributed by atoms with Crippen LogP contribution in [0.5, 0.6) is 0 Å². The number of hydrogen-bond acceptors (Lipinski definition) is 10. The molecule has 11 atom stereocenters. The third kappa shape index (κ3) is 6.97. The van der Waals surface area contributed by atoms with Gasteiger partial charge in [0.15, 0.2) is 11.8 Å². The zero-order valence-electron chi connectivity index (χ0n) is 37.4. The Labute approximate surface area is 375 Å². The fourth-order valence-electron chi connectivity index (χ4n) is 13.1. The summed E-state index contributed by atoms with van der Waals surface area (Å²) >= 11 is 0. The Balaban J connectivity index is 0.907. The van der Waals surface area contributed by atoms with Gasteiger partial charge >= 0.3 is 5.97 Å². The molecule has 8 aliphatic rings. The van der Waals surface area contributed by atoms with Crippen LogP contribution in [-0.2, 0) is 64.0 Å². The largest absolute Gasteiger partial charge is 0.458 e. The van der Waals surface area contributed by atoms with E-state index >= 15 is 4.79 Å². The average molecular weight is 872 g/mol. The molecule has 4 aliphatic heterocycles. The summed E-state index contributed by atoms with van der Waals surface area (Å²) in [6.07, 6.45) is 6.71. The summed E-state index contributed by atoms with van der Waals surface area (Å²) in [4.78, 5) is 52.5. The summed E-state index contributed by atoms with van der Waals surface area (Å²) in [6, 6.07) is 24.1. The van der Waals surface area contributed by atoms with Crippen molar-refractivity contribution >= 4 is 23.9 Å². The molecular weight excluding hydrogens is 811 g/mol. The molecule has 11 unspecified atom stereocenters. The number of allylic oxidation sites excluding steroid dienone is 1. The minimum absolute atomic E-state index is 0.0349. The Kier molecular flexibility index (Phi) is 10.3. The van der Waals surface area contributed by atoms with Crippen molar-refractivity contribution in [2.24, 2.45) is 22.7 Å². The normalized spacial score (nSPS) is 36.0. The van der Waals surface area contributed by atoms with Crippen molar-refractivity contribution in [3.8, 4) is 0 Å². The molecule has 64 heavy (non-hydrogen) atoms. The van der Waals surface area contributed by atoms with E-state index in [1.54, 1.807) is 12.1 Å². The van der Waals surface area contributed by atoms with Crippen molar-refractivity contribution in [3.05, 3.63) is 112 Å². The highest BCUT2D eigenvalue weighted by molar-refractivity contribution is 5.96. The molecule has 2 bridgehead atoms. The van der Waals surface area contributed by atoms with E-state index in [-0.39, 0.29) is 38.1 Å². The van der Waals surface area contributed by atoms with Gasteiger partial charge in [-0.15, -0.1) is 0 Å².